The Morgan fingerprint density at radius 3 is 2.50 bits per heavy atom. The molecule has 8 heavy (non-hydrogen) atoms. The van der Waals surface area contributed by atoms with Crippen molar-refractivity contribution in [2.24, 2.45) is 0 Å². The molecule has 4 nitrogen and oxygen atoms in total. The van der Waals surface area contributed by atoms with E-state index < -0.39 is 20.6 Å². The molecule has 50 valence electrons. The summed E-state index contributed by atoms with van der Waals surface area (Å²) in [6.07, 6.45) is -0.664. The first-order valence-electron chi connectivity index (χ1n) is 2.05. The average Bonchev–Trinajstić information content (AvgIpc) is 1.61. The number of hydrogen-bond acceptors (Lipinski definition) is 3. The van der Waals surface area contributed by atoms with E-state index in [1.54, 1.807) is 0 Å². The van der Waals surface area contributed by atoms with Crippen LogP contribution in [0.2, 0.25) is 0 Å². The van der Waals surface area contributed by atoms with Crippen molar-refractivity contribution in [3.63, 3.8) is 0 Å². The van der Waals surface area contributed by atoms with Gasteiger partial charge in [0.2, 0.25) is 0 Å². The van der Waals surface area contributed by atoms with Crippen LogP contribution in [0.4, 0.5) is 0 Å². The molecule has 0 aromatic heterocycles. The Balaban J connectivity index is 3.05. The molecule has 0 aliphatic rings. The van der Waals surface area contributed by atoms with Crippen LogP contribution in [-0.4, -0.2) is 36.5 Å². The molecule has 5 heteroatoms. The van der Waals surface area contributed by atoms with E-state index >= 15 is 0 Å². The summed E-state index contributed by atoms with van der Waals surface area (Å²) in [4.78, 5) is 0. The summed E-state index contributed by atoms with van der Waals surface area (Å²) in [6.45, 7) is 1.42. The van der Waals surface area contributed by atoms with E-state index in [1.165, 1.54) is 6.92 Å². The number of aliphatic hydroxyl groups excluding tert-OH is 1. The van der Waals surface area contributed by atoms with Gasteiger partial charge >= 0.3 is 51.1 Å². The Kier molecular flexibility index (Phi) is 4.22. The molecular weight excluding hydrogens is 179 g/mol. The first-order chi connectivity index (χ1) is 3.63. The molecule has 0 heterocycles. The van der Waals surface area contributed by atoms with Crippen molar-refractivity contribution >= 4 is 14.5 Å². The molecule has 0 saturated carbocycles. The SMILES string of the molecule is CC(O)CO[Se](=O)O. The van der Waals surface area contributed by atoms with Crippen LogP contribution in [0.15, 0.2) is 0 Å². The van der Waals surface area contributed by atoms with E-state index in [2.05, 4.69) is 3.82 Å². The van der Waals surface area contributed by atoms with Crippen LogP contribution >= 0.6 is 0 Å². The predicted octanol–water partition coefficient (Wildman–Crippen LogP) is -1.21. The van der Waals surface area contributed by atoms with Gasteiger partial charge in [0.25, 0.3) is 0 Å². The topological polar surface area (TPSA) is 66.8 Å². The first kappa shape index (κ1) is 8.20. The van der Waals surface area contributed by atoms with Crippen molar-refractivity contribution in [1.82, 2.24) is 0 Å². The van der Waals surface area contributed by atoms with Gasteiger partial charge in [0.15, 0.2) is 0 Å². The molecule has 2 unspecified atom stereocenters. The van der Waals surface area contributed by atoms with Gasteiger partial charge in [0.1, 0.15) is 0 Å². The monoisotopic (exact) mass is 188 g/mol. The minimum absolute atomic E-state index is 0.0648. The molecule has 0 bridgehead atoms. The van der Waals surface area contributed by atoms with Crippen LogP contribution < -0.4 is 0 Å². The molecule has 0 aliphatic carbocycles. The second-order valence-electron chi connectivity index (χ2n) is 1.35. The molecule has 2 N–H and O–H groups in total. The normalized spacial score (nSPS) is 17.9. The van der Waals surface area contributed by atoms with Gasteiger partial charge < -0.3 is 0 Å². The zero-order valence-electron chi connectivity index (χ0n) is 4.40. The van der Waals surface area contributed by atoms with Crippen molar-refractivity contribution in [2.75, 3.05) is 6.61 Å². The van der Waals surface area contributed by atoms with Crippen LogP contribution in [-0.2, 0) is 7.65 Å². The summed E-state index contributed by atoms with van der Waals surface area (Å²) in [5.74, 6) is 0. The molecule has 0 fully saturated rings. The molecular formula is C3H8O4Se. The number of aliphatic hydroxyl groups is 1. The Morgan fingerprint density at radius 2 is 2.38 bits per heavy atom. The van der Waals surface area contributed by atoms with E-state index in [9.17, 15) is 3.83 Å². The van der Waals surface area contributed by atoms with Gasteiger partial charge in [-0.3, -0.25) is 0 Å². The zero-order valence-corrected chi connectivity index (χ0v) is 6.12. The van der Waals surface area contributed by atoms with Crippen LogP contribution in [0.5, 0.6) is 0 Å². The third kappa shape index (κ3) is 6.20. The minimum atomic E-state index is -3.03. The standard InChI is InChI=1S/C3H8O4Se/c1-3(4)2-7-8(5)6/h3-4H,2H2,1H3,(H,5,6). The first-order valence-corrected chi connectivity index (χ1v) is 4.21. The van der Waals surface area contributed by atoms with Gasteiger partial charge in [-0.25, -0.2) is 0 Å². The van der Waals surface area contributed by atoms with E-state index in [0.29, 0.717) is 0 Å². The van der Waals surface area contributed by atoms with Gasteiger partial charge in [-0.2, -0.15) is 0 Å². The molecule has 0 rings (SSSR count). The molecule has 0 spiro atoms. The maximum atomic E-state index is 9.78. The van der Waals surface area contributed by atoms with Gasteiger partial charge in [-0.1, -0.05) is 0 Å². The van der Waals surface area contributed by atoms with Crippen molar-refractivity contribution in [3.8, 4) is 0 Å². The number of rotatable bonds is 3. The van der Waals surface area contributed by atoms with Crippen LogP contribution in [0.3, 0.4) is 0 Å². The molecule has 0 aliphatic heterocycles. The van der Waals surface area contributed by atoms with Gasteiger partial charge in [-0.05, 0) is 0 Å². The summed E-state index contributed by atoms with van der Waals surface area (Å²) < 4.78 is 22.0. The van der Waals surface area contributed by atoms with Crippen LogP contribution in [0, 0.1) is 0 Å². The van der Waals surface area contributed by atoms with E-state index in [1.807, 2.05) is 0 Å². The molecule has 0 saturated heterocycles. The molecule has 2 atom stereocenters. The van der Waals surface area contributed by atoms with Crippen molar-refractivity contribution < 1.29 is 16.9 Å². The van der Waals surface area contributed by atoms with E-state index in [-0.39, 0.29) is 6.61 Å². The molecule has 0 aromatic rings. The zero-order chi connectivity index (χ0) is 6.57. The summed E-state index contributed by atoms with van der Waals surface area (Å²) in [5, 5.41) is 8.45. The second-order valence-corrected chi connectivity index (χ2v) is 2.76. The third-order valence-electron chi connectivity index (χ3n) is 0.410. The molecule has 0 amide bonds. The fourth-order valence-corrected chi connectivity index (χ4v) is 0.814. The van der Waals surface area contributed by atoms with Crippen molar-refractivity contribution in [2.45, 2.75) is 13.0 Å². The summed E-state index contributed by atoms with van der Waals surface area (Å²) in [7, 11) is 0. The maximum absolute atomic E-state index is 9.78. The molecule has 0 aromatic carbocycles. The van der Waals surface area contributed by atoms with Gasteiger partial charge in [0.05, 0.1) is 0 Å². The van der Waals surface area contributed by atoms with Crippen molar-refractivity contribution in [1.29, 1.82) is 0 Å². The van der Waals surface area contributed by atoms with E-state index in [4.69, 9.17) is 9.30 Å². The molecule has 0 radical (unpaired) electrons. The Morgan fingerprint density at radius 1 is 1.88 bits per heavy atom. The summed E-state index contributed by atoms with van der Waals surface area (Å²) in [6, 6.07) is 0. The average molecular weight is 187 g/mol. The van der Waals surface area contributed by atoms with Crippen molar-refractivity contribution in [3.05, 3.63) is 0 Å². The third-order valence-corrected chi connectivity index (χ3v) is 1.12. The fourth-order valence-electron chi connectivity index (χ4n) is 0.157. The van der Waals surface area contributed by atoms with Gasteiger partial charge in [0, 0.05) is 0 Å². The summed E-state index contributed by atoms with van der Waals surface area (Å²) in [5.41, 5.74) is 0. The quantitative estimate of drug-likeness (QED) is 0.544. The van der Waals surface area contributed by atoms with Gasteiger partial charge in [-0.15, -0.1) is 0 Å². The predicted molar refractivity (Wildman–Crippen MR) is 26.3 cm³/mol. The number of hydrogen-bond donors (Lipinski definition) is 2. The van der Waals surface area contributed by atoms with E-state index in [0.717, 1.165) is 0 Å². The second kappa shape index (κ2) is 4.12. The Labute approximate surface area is 51.8 Å². The van der Waals surface area contributed by atoms with Crippen LogP contribution in [0.1, 0.15) is 6.92 Å². The van der Waals surface area contributed by atoms with Crippen LogP contribution in [0.25, 0.3) is 0 Å². The fraction of sp³-hybridized carbons (Fsp3) is 1.00. The Bertz CT molecular complexity index is 81.4. The summed E-state index contributed by atoms with van der Waals surface area (Å²) >= 11 is -3.03. The Hall–Kier alpha value is 0.199.